The van der Waals surface area contributed by atoms with E-state index in [1.54, 1.807) is 0 Å². The third kappa shape index (κ3) is 1.11. The zero-order valence-electron chi connectivity index (χ0n) is 5.51. The summed E-state index contributed by atoms with van der Waals surface area (Å²) >= 11 is 0. The molecule has 0 saturated carbocycles. The maximum Gasteiger partial charge on any atom is 0.151 e. The van der Waals surface area contributed by atoms with Crippen LogP contribution in [0.3, 0.4) is 0 Å². The Hall–Kier alpha value is -0.420. The van der Waals surface area contributed by atoms with Gasteiger partial charge >= 0.3 is 0 Å². The lowest BCUT2D eigenvalue weighted by atomic mass is 10.1. The van der Waals surface area contributed by atoms with Crippen LogP contribution in [-0.4, -0.2) is 6.29 Å². The van der Waals surface area contributed by atoms with E-state index >= 15 is 0 Å². The molecule has 1 rings (SSSR count). The molecule has 0 amide bonds. The Bertz CT molecular complexity index is 201. The minimum Gasteiger partial charge on any atom is -0.298 e. The van der Waals surface area contributed by atoms with Crippen LogP contribution in [0.4, 0.5) is 0 Å². The predicted molar refractivity (Wildman–Crippen MR) is 39.4 cm³/mol. The number of aldehydes is 1. The average Bonchev–Trinajstić information content (AvgIpc) is 2.15. The van der Waals surface area contributed by atoms with Crippen molar-refractivity contribution in [2.24, 2.45) is 0 Å². The van der Waals surface area contributed by atoms with E-state index < -0.39 is 0 Å². The normalized spacial score (nSPS) is 20.9. The van der Waals surface area contributed by atoms with Crippen molar-refractivity contribution < 1.29 is 4.79 Å². The van der Waals surface area contributed by atoms with Crippen LogP contribution in [0.15, 0.2) is 22.3 Å². The van der Waals surface area contributed by atoms with Gasteiger partial charge in [0.1, 0.15) is 0 Å². The van der Waals surface area contributed by atoms with Crippen molar-refractivity contribution in [3.8, 4) is 0 Å². The molecule has 0 unspecified atom stereocenters. The fourth-order valence-electron chi connectivity index (χ4n) is 0.681. The van der Waals surface area contributed by atoms with Crippen molar-refractivity contribution in [1.29, 1.82) is 0 Å². The number of allylic oxidation sites excluding steroid dienone is 3. The maximum absolute atomic E-state index is 10.3. The van der Waals surface area contributed by atoms with Crippen LogP contribution in [0.1, 0.15) is 13.8 Å². The van der Waals surface area contributed by atoms with E-state index in [2.05, 4.69) is 5.82 Å². The Morgan fingerprint density at radius 2 is 2.22 bits per heavy atom. The topological polar surface area (TPSA) is 17.1 Å². The van der Waals surface area contributed by atoms with Crippen molar-refractivity contribution in [1.82, 2.24) is 0 Å². The summed E-state index contributed by atoms with van der Waals surface area (Å²) in [6.07, 6.45) is 0.934. The highest BCUT2D eigenvalue weighted by Gasteiger charge is 2.08. The quantitative estimate of drug-likeness (QED) is 0.402. The van der Waals surface area contributed by atoms with Crippen LogP contribution in [0.5, 0.6) is 0 Å². The van der Waals surface area contributed by atoms with Crippen molar-refractivity contribution in [3.63, 3.8) is 0 Å². The lowest BCUT2D eigenvalue weighted by Gasteiger charge is -1.92. The lowest BCUT2D eigenvalue weighted by Crippen LogP contribution is -1.78. The van der Waals surface area contributed by atoms with E-state index in [0.29, 0.717) is 0 Å². The van der Waals surface area contributed by atoms with Gasteiger partial charge in [-0.15, -0.1) is 0 Å². The third-order valence-corrected chi connectivity index (χ3v) is 2.72. The Labute approximate surface area is 56.6 Å². The second-order valence-corrected chi connectivity index (χ2v) is 3.07. The molecule has 0 aromatic carbocycles. The van der Waals surface area contributed by atoms with E-state index in [1.807, 2.05) is 13.8 Å². The van der Waals surface area contributed by atoms with Gasteiger partial charge in [0.15, 0.2) is 6.29 Å². The van der Waals surface area contributed by atoms with Gasteiger partial charge < -0.3 is 0 Å². The highest BCUT2D eigenvalue weighted by atomic mass is 31.1. The molecular weight excluding hydrogens is 131 g/mol. The summed E-state index contributed by atoms with van der Waals surface area (Å²) in [5, 5.41) is 0.910. The summed E-state index contributed by atoms with van der Waals surface area (Å²) < 4.78 is 0. The largest absolute Gasteiger partial charge is 0.298 e. The molecule has 1 aliphatic heterocycles. The van der Waals surface area contributed by atoms with Gasteiger partial charge in [-0.05, 0) is 39.4 Å². The van der Waals surface area contributed by atoms with Crippen LogP contribution in [0.25, 0.3) is 0 Å². The predicted octanol–water partition coefficient (Wildman–Crippen LogP) is 2.32. The van der Waals surface area contributed by atoms with Crippen molar-refractivity contribution in [2.45, 2.75) is 13.8 Å². The molecule has 0 N–H and O–H groups in total. The van der Waals surface area contributed by atoms with Gasteiger partial charge in [0.05, 0.1) is 0 Å². The number of carbonyl (C=O) groups excluding carboxylic acids is 1. The lowest BCUT2D eigenvalue weighted by molar-refractivity contribution is -0.104. The minimum absolute atomic E-state index is 0.910. The number of hydrogen-bond acceptors (Lipinski definition) is 1. The summed E-state index contributed by atoms with van der Waals surface area (Å²) in [5.74, 6) is 2.05. The van der Waals surface area contributed by atoms with Crippen LogP contribution in [-0.2, 0) is 4.79 Å². The van der Waals surface area contributed by atoms with Gasteiger partial charge in [0, 0.05) is 5.31 Å². The smallest absolute Gasteiger partial charge is 0.151 e. The molecule has 0 aliphatic carbocycles. The molecular formula is C7H8OP. The Morgan fingerprint density at radius 3 is 2.44 bits per heavy atom. The molecule has 0 bridgehead atoms. The van der Waals surface area contributed by atoms with Crippen LogP contribution in [0, 0.1) is 0 Å². The molecule has 0 atom stereocenters. The van der Waals surface area contributed by atoms with Gasteiger partial charge in [-0.1, -0.05) is 0 Å². The van der Waals surface area contributed by atoms with Crippen LogP contribution >= 0.6 is 8.58 Å². The molecule has 1 nitrogen and oxygen atoms in total. The van der Waals surface area contributed by atoms with Gasteiger partial charge in [0.25, 0.3) is 0 Å². The van der Waals surface area contributed by atoms with Crippen LogP contribution < -0.4 is 0 Å². The van der Waals surface area contributed by atoms with Crippen molar-refractivity contribution in [3.05, 3.63) is 22.3 Å². The van der Waals surface area contributed by atoms with Crippen molar-refractivity contribution >= 4 is 14.9 Å². The molecule has 1 aliphatic rings. The SMILES string of the molecule is CC1=C[P]C(C=O)=C1C. The summed E-state index contributed by atoms with van der Waals surface area (Å²) in [4.78, 5) is 10.3. The molecule has 1 radical (unpaired) electrons. The molecule has 1 heterocycles. The van der Waals surface area contributed by atoms with Gasteiger partial charge in [-0.2, -0.15) is 0 Å². The summed E-state index contributed by atoms with van der Waals surface area (Å²) in [7, 11) is 1.06. The Kier molecular flexibility index (Phi) is 1.82. The molecule has 0 fully saturated rings. The second kappa shape index (κ2) is 2.45. The number of rotatable bonds is 1. The van der Waals surface area contributed by atoms with Gasteiger partial charge in [0.2, 0.25) is 0 Å². The van der Waals surface area contributed by atoms with Gasteiger partial charge in [-0.3, -0.25) is 4.79 Å². The fourth-order valence-corrected chi connectivity index (χ4v) is 1.64. The molecule has 0 spiro atoms. The zero-order valence-corrected chi connectivity index (χ0v) is 6.40. The minimum atomic E-state index is 0.910. The summed E-state index contributed by atoms with van der Waals surface area (Å²) in [6.45, 7) is 4.01. The first kappa shape index (κ1) is 6.70. The van der Waals surface area contributed by atoms with E-state index in [1.165, 1.54) is 5.57 Å². The molecule has 2 heteroatoms. The Morgan fingerprint density at radius 1 is 1.56 bits per heavy atom. The first-order valence-electron chi connectivity index (χ1n) is 2.79. The Balaban J connectivity index is 2.92. The molecule has 0 aromatic rings. The highest BCUT2D eigenvalue weighted by molar-refractivity contribution is 7.48. The third-order valence-electron chi connectivity index (χ3n) is 1.48. The molecule has 9 heavy (non-hydrogen) atoms. The van der Waals surface area contributed by atoms with Crippen LogP contribution in [0.2, 0.25) is 0 Å². The number of carbonyl (C=O) groups is 1. The first-order valence-corrected chi connectivity index (χ1v) is 3.76. The molecule has 47 valence electrons. The van der Waals surface area contributed by atoms with E-state index in [4.69, 9.17) is 0 Å². The second-order valence-electron chi connectivity index (χ2n) is 2.07. The number of hydrogen-bond donors (Lipinski definition) is 0. The summed E-state index contributed by atoms with van der Waals surface area (Å²) in [5.41, 5.74) is 2.38. The zero-order chi connectivity index (χ0) is 6.85. The van der Waals surface area contributed by atoms with E-state index in [0.717, 1.165) is 25.8 Å². The first-order chi connectivity index (χ1) is 4.25. The monoisotopic (exact) mass is 139 g/mol. The highest BCUT2D eigenvalue weighted by Crippen LogP contribution is 2.37. The van der Waals surface area contributed by atoms with Gasteiger partial charge in [-0.25, -0.2) is 0 Å². The fraction of sp³-hybridized carbons (Fsp3) is 0.286. The van der Waals surface area contributed by atoms with E-state index in [9.17, 15) is 4.79 Å². The standard InChI is InChI=1S/C7H8OP/c1-5-4-9-7(3-8)6(5)2/h3-4H,1-2H3. The summed E-state index contributed by atoms with van der Waals surface area (Å²) in [6, 6.07) is 0. The maximum atomic E-state index is 10.3. The average molecular weight is 139 g/mol. The molecule has 0 saturated heterocycles. The van der Waals surface area contributed by atoms with Crippen molar-refractivity contribution in [2.75, 3.05) is 0 Å². The molecule has 0 aromatic heterocycles. The van der Waals surface area contributed by atoms with E-state index in [-0.39, 0.29) is 0 Å².